The van der Waals surface area contributed by atoms with Crippen molar-refractivity contribution < 1.29 is 28.5 Å². The van der Waals surface area contributed by atoms with E-state index in [4.69, 9.17) is 29.4 Å². The van der Waals surface area contributed by atoms with Crippen molar-refractivity contribution in [1.29, 1.82) is 0 Å². The van der Waals surface area contributed by atoms with Gasteiger partial charge in [0, 0.05) is 54.7 Å². The van der Waals surface area contributed by atoms with Crippen LogP contribution in [0.2, 0.25) is 0 Å². The highest BCUT2D eigenvalue weighted by atomic mass is 35.5. The molecule has 0 aromatic heterocycles. The first-order valence-corrected chi connectivity index (χ1v) is 8.23. The van der Waals surface area contributed by atoms with Crippen molar-refractivity contribution in [1.82, 2.24) is 10.6 Å². The van der Waals surface area contributed by atoms with Gasteiger partial charge in [-0.1, -0.05) is 7.43 Å². The molecule has 1 heterocycles. The van der Waals surface area contributed by atoms with Crippen molar-refractivity contribution in [2.24, 2.45) is 5.73 Å². The fourth-order valence-corrected chi connectivity index (χ4v) is 1.31. The van der Waals surface area contributed by atoms with Crippen LogP contribution in [0.5, 0.6) is 0 Å². The SMILES string of the molecule is C.C1CCOC1.CNCC(OC)OC.CNCC=O.COC(CN)OC.Cl. The Labute approximate surface area is 172 Å². The van der Waals surface area contributed by atoms with Crippen LogP contribution in [-0.2, 0) is 28.5 Å². The Hall–Kier alpha value is -0.360. The number of carbonyl (C=O) groups excluding carboxylic acids is 1. The zero-order valence-corrected chi connectivity index (χ0v) is 17.9. The summed E-state index contributed by atoms with van der Waals surface area (Å²) in [5.41, 5.74) is 5.14. The maximum Gasteiger partial charge on any atom is 0.169 e. The molecule has 9 nitrogen and oxygen atoms in total. The highest BCUT2D eigenvalue weighted by molar-refractivity contribution is 5.85. The summed E-state index contributed by atoms with van der Waals surface area (Å²) in [6.07, 6.45) is 3.03. The number of carbonyl (C=O) groups is 1. The maximum absolute atomic E-state index is 9.34. The first-order chi connectivity index (χ1) is 12.1. The molecule has 0 spiro atoms. The number of rotatable bonds is 9. The van der Waals surface area contributed by atoms with Crippen molar-refractivity contribution in [2.75, 3.05) is 75.4 Å². The number of methoxy groups -OCH3 is 4. The predicted molar refractivity (Wildman–Crippen MR) is 113 cm³/mol. The summed E-state index contributed by atoms with van der Waals surface area (Å²) in [5, 5.41) is 5.57. The van der Waals surface area contributed by atoms with E-state index in [2.05, 4.69) is 10.6 Å². The normalized spacial score (nSPS) is 11.6. The summed E-state index contributed by atoms with van der Waals surface area (Å²) in [5.74, 6) is 0. The van der Waals surface area contributed by atoms with Gasteiger partial charge in [-0.25, -0.2) is 0 Å². The van der Waals surface area contributed by atoms with Crippen molar-refractivity contribution in [3.8, 4) is 0 Å². The average molecular weight is 422 g/mol. The molecule has 0 radical (unpaired) electrons. The van der Waals surface area contributed by atoms with Crippen molar-refractivity contribution in [3.05, 3.63) is 0 Å². The van der Waals surface area contributed by atoms with Crippen LogP contribution in [0.1, 0.15) is 20.3 Å². The Kier molecular flexibility index (Phi) is 50.6. The summed E-state index contributed by atoms with van der Waals surface area (Å²) < 4.78 is 24.1. The quantitative estimate of drug-likeness (QED) is 0.364. The molecule has 0 aromatic carbocycles. The first-order valence-electron chi connectivity index (χ1n) is 8.23. The van der Waals surface area contributed by atoms with E-state index < -0.39 is 0 Å². The van der Waals surface area contributed by atoms with Crippen LogP contribution < -0.4 is 16.4 Å². The molecule has 27 heavy (non-hydrogen) atoms. The molecule has 170 valence electrons. The second kappa shape index (κ2) is 36.5. The van der Waals surface area contributed by atoms with Crippen molar-refractivity contribution in [3.63, 3.8) is 0 Å². The van der Waals surface area contributed by atoms with E-state index in [1.165, 1.54) is 12.8 Å². The van der Waals surface area contributed by atoms with Gasteiger partial charge in [0.15, 0.2) is 12.6 Å². The molecule has 0 aliphatic carbocycles. The van der Waals surface area contributed by atoms with E-state index in [9.17, 15) is 4.79 Å². The molecular weight excluding hydrogens is 378 g/mol. The number of nitrogens with two attached hydrogens (primary N) is 1. The lowest BCUT2D eigenvalue weighted by Gasteiger charge is -2.11. The van der Waals surface area contributed by atoms with Gasteiger partial charge in [0.25, 0.3) is 0 Å². The van der Waals surface area contributed by atoms with Crippen LogP contribution >= 0.6 is 12.4 Å². The summed E-state index contributed by atoms with van der Waals surface area (Å²) >= 11 is 0. The molecule has 0 saturated carbocycles. The van der Waals surface area contributed by atoms with Gasteiger partial charge in [0.2, 0.25) is 0 Å². The third-order valence-corrected chi connectivity index (χ3v) is 2.73. The van der Waals surface area contributed by atoms with E-state index in [1.54, 1.807) is 35.5 Å². The highest BCUT2D eigenvalue weighted by Crippen LogP contribution is 1.98. The predicted octanol–water partition coefficient (Wildman–Crippen LogP) is 0.648. The Balaban J connectivity index is -0.0000000790. The molecular formula is C17H44ClN3O6. The second-order valence-electron chi connectivity index (χ2n) is 4.64. The van der Waals surface area contributed by atoms with Crippen molar-refractivity contribution in [2.45, 2.75) is 32.8 Å². The molecule has 1 fully saturated rings. The van der Waals surface area contributed by atoms with Crippen LogP contribution in [-0.4, -0.2) is 94.2 Å². The van der Waals surface area contributed by atoms with Gasteiger partial charge in [-0.05, 0) is 26.9 Å². The monoisotopic (exact) mass is 421 g/mol. The van der Waals surface area contributed by atoms with Gasteiger partial charge >= 0.3 is 0 Å². The molecule has 10 heteroatoms. The lowest BCUT2D eigenvalue weighted by molar-refractivity contribution is -0.107. The lowest BCUT2D eigenvalue weighted by atomic mass is 10.4. The number of likely N-dealkylation sites (N-methyl/N-ethyl adjacent to an activating group) is 2. The summed E-state index contributed by atoms with van der Waals surface area (Å²) in [4.78, 5) is 9.34. The molecule has 0 bridgehead atoms. The van der Waals surface area contributed by atoms with E-state index >= 15 is 0 Å². The number of hydrogen-bond acceptors (Lipinski definition) is 9. The highest BCUT2D eigenvalue weighted by Gasteiger charge is 1.99. The minimum Gasteiger partial charge on any atom is -0.381 e. The third kappa shape index (κ3) is 37.1. The first kappa shape index (κ1) is 37.4. The molecule has 0 aromatic rings. The van der Waals surface area contributed by atoms with Gasteiger partial charge < -0.3 is 44.8 Å². The van der Waals surface area contributed by atoms with Crippen LogP contribution in [0.3, 0.4) is 0 Å². The molecule has 1 rings (SSSR count). The number of ether oxygens (including phenoxy) is 5. The smallest absolute Gasteiger partial charge is 0.169 e. The summed E-state index contributed by atoms with van der Waals surface area (Å²) in [6.45, 7) is 3.60. The van der Waals surface area contributed by atoms with Gasteiger partial charge in [-0.3, -0.25) is 0 Å². The number of hydrogen-bond donors (Lipinski definition) is 3. The average Bonchev–Trinajstić information content (AvgIpc) is 3.23. The molecule has 4 N–H and O–H groups in total. The minimum absolute atomic E-state index is 0. The number of aldehydes is 1. The fourth-order valence-electron chi connectivity index (χ4n) is 1.31. The third-order valence-electron chi connectivity index (χ3n) is 2.73. The topological polar surface area (TPSA) is 113 Å². The molecule has 0 atom stereocenters. The largest absolute Gasteiger partial charge is 0.381 e. The van der Waals surface area contributed by atoms with E-state index in [0.717, 1.165) is 26.0 Å². The van der Waals surface area contributed by atoms with Crippen LogP contribution in [0, 0.1) is 0 Å². The van der Waals surface area contributed by atoms with E-state index in [-0.39, 0.29) is 32.4 Å². The summed E-state index contributed by atoms with van der Waals surface area (Å²) in [7, 11) is 9.93. The van der Waals surface area contributed by atoms with Gasteiger partial charge in [-0.2, -0.15) is 0 Å². The Morgan fingerprint density at radius 2 is 1.41 bits per heavy atom. The van der Waals surface area contributed by atoms with Gasteiger partial charge in [-0.15, -0.1) is 12.4 Å². The Morgan fingerprint density at radius 1 is 0.963 bits per heavy atom. The fraction of sp³-hybridized carbons (Fsp3) is 0.941. The summed E-state index contributed by atoms with van der Waals surface area (Å²) in [6, 6.07) is 0. The van der Waals surface area contributed by atoms with E-state index in [1.807, 2.05) is 7.05 Å². The molecule has 1 saturated heterocycles. The Bertz CT molecular complexity index is 220. The zero-order valence-electron chi connectivity index (χ0n) is 17.1. The molecule has 1 aliphatic heterocycles. The number of nitrogens with one attached hydrogen (secondary N) is 2. The molecule has 0 amide bonds. The van der Waals surface area contributed by atoms with E-state index in [0.29, 0.717) is 13.1 Å². The molecule has 1 aliphatic rings. The standard InChI is InChI=1S/C5H13NO2.C4H11NO2.C4H8O.C3H7NO.CH4.ClH/c1-6-4-5(7-2)8-3;1-6-4(3-5)7-2;1-2-4-5-3-1;1-4-2-3-5;;/h5-6H,4H2,1-3H3;4H,3,5H2,1-2H3;1-4H2;3-4H,2H2,1H3;1H4;1H. The minimum atomic E-state index is -0.236. The lowest BCUT2D eigenvalue weighted by Crippen LogP contribution is -2.26. The maximum atomic E-state index is 9.34. The Morgan fingerprint density at radius 3 is 1.48 bits per heavy atom. The van der Waals surface area contributed by atoms with Crippen molar-refractivity contribution >= 4 is 18.7 Å². The number of halogens is 1. The van der Waals surface area contributed by atoms with Crippen LogP contribution in [0.15, 0.2) is 0 Å². The van der Waals surface area contributed by atoms with Crippen LogP contribution in [0.25, 0.3) is 0 Å². The van der Waals surface area contributed by atoms with Crippen LogP contribution in [0.4, 0.5) is 0 Å². The van der Waals surface area contributed by atoms with Gasteiger partial charge in [0.05, 0.1) is 6.54 Å². The second-order valence-corrected chi connectivity index (χ2v) is 4.64. The van der Waals surface area contributed by atoms with Gasteiger partial charge in [0.1, 0.15) is 6.29 Å². The molecule has 0 unspecified atom stereocenters. The zero-order chi connectivity index (χ0) is 19.8.